The molecule has 2 nitrogen and oxygen atoms in total. The van der Waals surface area contributed by atoms with Crippen LogP contribution in [0.15, 0.2) is 11.1 Å². The number of ether oxygens (including phenoxy) is 1. The molecular formula is C12H23NO. The number of hydrogen-bond acceptors (Lipinski definition) is 2. The lowest BCUT2D eigenvalue weighted by molar-refractivity contribution is 0.104. The molecule has 2 heteroatoms. The first kappa shape index (κ1) is 11.7. The molecule has 0 aromatic heterocycles. The average Bonchev–Trinajstić information content (AvgIpc) is 2.46. The van der Waals surface area contributed by atoms with Gasteiger partial charge in [0.1, 0.15) is 0 Å². The van der Waals surface area contributed by atoms with Crippen molar-refractivity contribution >= 4 is 0 Å². The number of hydrogen-bond donors (Lipinski definition) is 0. The van der Waals surface area contributed by atoms with Gasteiger partial charge >= 0.3 is 0 Å². The predicted octanol–water partition coefficient (Wildman–Crippen LogP) is 2.45. The van der Waals surface area contributed by atoms with Gasteiger partial charge in [0, 0.05) is 6.54 Å². The SMILES string of the molecule is CCCN(C)CCC1OCC(C)=C1C. The molecule has 1 rings (SSSR count). The van der Waals surface area contributed by atoms with Crippen LogP contribution in [0.3, 0.4) is 0 Å². The standard InChI is InChI=1S/C12H23NO/c1-5-7-13(4)8-6-12-11(3)10(2)9-14-12/h12H,5-9H2,1-4H3. The second-order valence-corrected chi connectivity index (χ2v) is 4.35. The molecule has 0 saturated heterocycles. The van der Waals surface area contributed by atoms with Gasteiger partial charge in [-0.3, -0.25) is 0 Å². The van der Waals surface area contributed by atoms with Crippen molar-refractivity contribution in [3.8, 4) is 0 Å². The van der Waals surface area contributed by atoms with Crippen molar-refractivity contribution in [2.75, 3.05) is 26.7 Å². The van der Waals surface area contributed by atoms with Crippen LogP contribution < -0.4 is 0 Å². The third kappa shape index (κ3) is 3.10. The van der Waals surface area contributed by atoms with Crippen molar-refractivity contribution in [3.05, 3.63) is 11.1 Å². The summed E-state index contributed by atoms with van der Waals surface area (Å²) in [5.74, 6) is 0. The Bertz CT molecular complexity index is 210. The van der Waals surface area contributed by atoms with Gasteiger partial charge in [-0.2, -0.15) is 0 Å². The van der Waals surface area contributed by atoms with Crippen molar-refractivity contribution in [1.82, 2.24) is 4.90 Å². The zero-order valence-corrected chi connectivity index (χ0v) is 9.97. The molecule has 1 heterocycles. The van der Waals surface area contributed by atoms with Crippen molar-refractivity contribution in [1.29, 1.82) is 0 Å². The number of nitrogens with zero attached hydrogens (tertiary/aromatic N) is 1. The lowest BCUT2D eigenvalue weighted by Crippen LogP contribution is -2.24. The van der Waals surface area contributed by atoms with Gasteiger partial charge in [-0.1, -0.05) is 6.92 Å². The van der Waals surface area contributed by atoms with Crippen LogP contribution in [0.1, 0.15) is 33.6 Å². The van der Waals surface area contributed by atoms with Gasteiger partial charge in [0.15, 0.2) is 0 Å². The van der Waals surface area contributed by atoms with E-state index in [2.05, 4.69) is 32.7 Å². The molecule has 0 aliphatic carbocycles. The molecule has 82 valence electrons. The van der Waals surface area contributed by atoms with Crippen LogP contribution in [0, 0.1) is 0 Å². The lowest BCUT2D eigenvalue weighted by atomic mass is 10.1. The summed E-state index contributed by atoms with van der Waals surface area (Å²) in [5, 5.41) is 0. The molecule has 0 aromatic rings. The topological polar surface area (TPSA) is 12.5 Å². The highest BCUT2D eigenvalue weighted by molar-refractivity contribution is 5.19. The molecule has 1 unspecified atom stereocenters. The monoisotopic (exact) mass is 197 g/mol. The van der Waals surface area contributed by atoms with E-state index >= 15 is 0 Å². The zero-order valence-electron chi connectivity index (χ0n) is 9.97. The summed E-state index contributed by atoms with van der Waals surface area (Å²) in [6, 6.07) is 0. The normalized spacial score (nSPS) is 22.5. The second kappa shape index (κ2) is 5.52. The first-order valence-electron chi connectivity index (χ1n) is 5.61. The van der Waals surface area contributed by atoms with E-state index in [1.807, 2.05) is 0 Å². The van der Waals surface area contributed by atoms with Crippen LogP contribution in [-0.2, 0) is 4.74 Å². The third-order valence-electron chi connectivity index (χ3n) is 3.04. The predicted molar refractivity (Wildman–Crippen MR) is 60.5 cm³/mol. The smallest absolute Gasteiger partial charge is 0.0802 e. The molecule has 0 radical (unpaired) electrons. The molecule has 0 bridgehead atoms. The fourth-order valence-corrected chi connectivity index (χ4v) is 1.87. The first-order chi connectivity index (χ1) is 6.65. The van der Waals surface area contributed by atoms with Crippen molar-refractivity contribution in [2.45, 2.75) is 39.7 Å². The highest BCUT2D eigenvalue weighted by Gasteiger charge is 2.20. The maximum atomic E-state index is 5.71. The lowest BCUT2D eigenvalue weighted by Gasteiger charge is -2.18. The fourth-order valence-electron chi connectivity index (χ4n) is 1.87. The Morgan fingerprint density at radius 2 is 2.07 bits per heavy atom. The summed E-state index contributed by atoms with van der Waals surface area (Å²) in [6.07, 6.45) is 2.75. The summed E-state index contributed by atoms with van der Waals surface area (Å²) in [5.41, 5.74) is 2.88. The van der Waals surface area contributed by atoms with Gasteiger partial charge in [0.25, 0.3) is 0 Å². The Morgan fingerprint density at radius 1 is 1.36 bits per heavy atom. The molecule has 1 aliphatic heterocycles. The van der Waals surface area contributed by atoms with Gasteiger partial charge in [-0.05, 0) is 51.4 Å². The molecular weight excluding hydrogens is 174 g/mol. The van der Waals surface area contributed by atoms with Crippen LogP contribution in [0.25, 0.3) is 0 Å². The van der Waals surface area contributed by atoms with E-state index in [-0.39, 0.29) is 0 Å². The quantitative estimate of drug-likeness (QED) is 0.628. The summed E-state index contributed by atoms with van der Waals surface area (Å²) in [7, 11) is 2.18. The van der Waals surface area contributed by atoms with E-state index in [0.29, 0.717) is 6.10 Å². The Hall–Kier alpha value is -0.340. The highest BCUT2D eigenvalue weighted by atomic mass is 16.5. The van der Waals surface area contributed by atoms with Crippen LogP contribution in [0.2, 0.25) is 0 Å². The molecule has 14 heavy (non-hydrogen) atoms. The maximum Gasteiger partial charge on any atom is 0.0802 e. The van der Waals surface area contributed by atoms with E-state index in [1.54, 1.807) is 0 Å². The largest absolute Gasteiger partial charge is 0.369 e. The highest BCUT2D eigenvalue weighted by Crippen LogP contribution is 2.22. The van der Waals surface area contributed by atoms with Gasteiger partial charge in [-0.15, -0.1) is 0 Å². The van der Waals surface area contributed by atoms with Crippen LogP contribution in [0.5, 0.6) is 0 Å². The van der Waals surface area contributed by atoms with E-state index in [1.165, 1.54) is 24.1 Å². The zero-order chi connectivity index (χ0) is 10.6. The maximum absolute atomic E-state index is 5.71. The van der Waals surface area contributed by atoms with E-state index < -0.39 is 0 Å². The van der Waals surface area contributed by atoms with Crippen LogP contribution in [0.4, 0.5) is 0 Å². The molecule has 1 aliphatic rings. The third-order valence-corrected chi connectivity index (χ3v) is 3.04. The Balaban J connectivity index is 2.26. The van der Waals surface area contributed by atoms with Crippen LogP contribution in [-0.4, -0.2) is 37.7 Å². The van der Waals surface area contributed by atoms with Crippen molar-refractivity contribution in [2.24, 2.45) is 0 Å². The van der Waals surface area contributed by atoms with Crippen LogP contribution >= 0.6 is 0 Å². The van der Waals surface area contributed by atoms with Gasteiger partial charge < -0.3 is 9.64 Å². The summed E-state index contributed by atoms with van der Waals surface area (Å²) in [6.45, 7) is 9.77. The van der Waals surface area contributed by atoms with Gasteiger partial charge in [0.2, 0.25) is 0 Å². The minimum absolute atomic E-state index is 0.384. The molecule has 1 atom stereocenters. The van der Waals surface area contributed by atoms with Gasteiger partial charge in [-0.25, -0.2) is 0 Å². The average molecular weight is 197 g/mol. The van der Waals surface area contributed by atoms with Gasteiger partial charge in [0.05, 0.1) is 12.7 Å². The van der Waals surface area contributed by atoms with Crippen molar-refractivity contribution in [3.63, 3.8) is 0 Å². The summed E-state index contributed by atoms with van der Waals surface area (Å²) >= 11 is 0. The summed E-state index contributed by atoms with van der Waals surface area (Å²) < 4.78 is 5.71. The van der Waals surface area contributed by atoms with E-state index in [9.17, 15) is 0 Å². The number of rotatable bonds is 5. The molecule has 0 amide bonds. The fraction of sp³-hybridized carbons (Fsp3) is 0.833. The van der Waals surface area contributed by atoms with Crippen molar-refractivity contribution < 1.29 is 4.74 Å². The van der Waals surface area contributed by atoms with E-state index in [4.69, 9.17) is 4.74 Å². The Morgan fingerprint density at radius 3 is 2.57 bits per heavy atom. The minimum atomic E-state index is 0.384. The first-order valence-corrected chi connectivity index (χ1v) is 5.61. The molecule has 0 aromatic carbocycles. The molecule has 0 saturated carbocycles. The Labute approximate surface area is 87.9 Å². The Kier molecular flexibility index (Phi) is 4.63. The van der Waals surface area contributed by atoms with E-state index in [0.717, 1.165) is 19.6 Å². The second-order valence-electron chi connectivity index (χ2n) is 4.35. The molecule has 0 fully saturated rings. The summed E-state index contributed by atoms with van der Waals surface area (Å²) in [4.78, 5) is 2.38. The minimum Gasteiger partial charge on any atom is -0.369 e. The molecule has 0 spiro atoms. The molecule has 0 N–H and O–H groups in total.